The molecule has 110 valence electrons. The lowest BCUT2D eigenvalue weighted by molar-refractivity contribution is -0.135. The van der Waals surface area contributed by atoms with Crippen LogP contribution in [0.5, 0.6) is 11.5 Å². The number of amides is 1. The van der Waals surface area contributed by atoms with E-state index in [1.54, 1.807) is 19.1 Å². The van der Waals surface area contributed by atoms with Crippen molar-refractivity contribution >= 4 is 11.9 Å². The van der Waals surface area contributed by atoms with Crippen molar-refractivity contribution in [2.45, 2.75) is 26.9 Å². The number of hydrogen-bond acceptors (Lipinski definition) is 5. The highest BCUT2D eigenvalue weighted by Crippen LogP contribution is 2.32. The maximum atomic E-state index is 11.7. The summed E-state index contributed by atoms with van der Waals surface area (Å²) in [7, 11) is 1.45. The molecule has 20 heavy (non-hydrogen) atoms. The van der Waals surface area contributed by atoms with Crippen molar-refractivity contribution in [1.82, 2.24) is 5.32 Å². The van der Waals surface area contributed by atoms with E-state index in [4.69, 9.17) is 9.47 Å². The van der Waals surface area contributed by atoms with Gasteiger partial charge >= 0.3 is 5.97 Å². The van der Waals surface area contributed by atoms with Crippen LogP contribution in [-0.2, 0) is 16.2 Å². The third-order valence-electron chi connectivity index (χ3n) is 2.63. The number of esters is 1. The number of aliphatic hydroxyl groups is 1. The molecule has 0 bridgehead atoms. The van der Waals surface area contributed by atoms with Crippen LogP contribution in [0, 0.1) is 6.92 Å². The van der Waals surface area contributed by atoms with Crippen molar-refractivity contribution in [2.75, 3.05) is 13.7 Å². The predicted molar refractivity (Wildman–Crippen MR) is 72.6 cm³/mol. The van der Waals surface area contributed by atoms with Gasteiger partial charge in [-0.2, -0.15) is 0 Å². The lowest BCUT2D eigenvalue weighted by Crippen LogP contribution is -2.31. The van der Waals surface area contributed by atoms with Crippen LogP contribution in [0.25, 0.3) is 0 Å². The van der Waals surface area contributed by atoms with E-state index in [9.17, 15) is 14.7 Å². The molecular formula is C14H19NO5. The Morgan fingerprint density at radius 1 is 1.35 bits per heavy atom. The molecule has 1 rings (SSSR count). The first-order chi connectivity index (χ1) is 9.51. The molecule has 1 aromatic rings. The number of hydrogen-bond donors (Lipinski definition) is 2. The maximum absolute atomic E-state index is 11.7. The molecule has 0 aliphatic heterocycles. The minimum absolute atomic E-state index is 0.177. The molecule has 0 unspecified atom stereocenters. The van der Waals surface area contributed by atoms with Crippen LogP contribution in [0.1, 0.15) is 24.5 Å². The minimum atomic E-state index is -0.622. The van der Waals surface area contributed by atoms with Gasteiger partial charge < -0.3 is 19.9 Å². The Morgan fingerprint density at radius 2 is 2.05 bits per heavy atom. The molecule has 0 atom stereocenters. The quantitative estimate of drug-likeness (QED) is 0.598. The van der Waals surface area contributed by atoms with Crippen LogP contribution in [-0.4, -0.2) is 30.6 Å². The van der Waals surface area contributed by atoms with Crippen LogP contribution >= 0.6 is 0 Å². The molecule has 1 amide bonds. The maximum Gasteiger partial charge on any atom is 0.330 e. The topological polar surface area (TPSA) is 84.9 Å². The zero-order chi connectivity index (χ0) is 15.1. The number of aryl methyl sites for hydroxylation is 1. The summed E-state index contributed by atoms with van der Waals surface area (Å²) in [4.78, 5) is 22.8. The molecule has 1 aromatic carbocycles. The second-order valence-corrected chi connectivity index (χ2v) is 4.22. The Kier molecular flexibility index (Phi) is 5.99. The third-order valence-corrected chi connectivity index (χ3v) is 2.63. The molecule has 0 fully saturated rings. The van der Waals surface area contributed by atoms with Gasteiger partial charge in [0.15, 0.2) is 11.5 Å². The highest BCUT2D eigenvalue weighted by molar-refractivity contribution is 5.83. The van der Waals surface area contributed by atoms with Crippen molar-refractivity contribution in [3.05, 3.63) is 23.3 Å². The van der Waals surface area contributed by atoms with Crippen molar-refractivity contribution in [3.8, 4) is 11.5 Å². The Bertz CT molecular complexity index is 473. The minimum Gasteiger partial charge on any atom is -0.493 e. The van der Waals surface area contributed by atoms with Crippen molar-refractivity contribution < 1.29 is 24.2 Å². The second-order valence-electron chi connectivity index (χ2n) is 4.22. The summed E-state index contributed by atoms with van der Waals surface area (Å²) in [6.45, 7) is 3.03. The Morgan fingerprint density at radius 3 is 2.60 bits per heavy atom. The van der Waals surface area contributed by atoms with Crippen LogP contribution < -0.4 is 14.8 Å². The van der Waals surface area contributed by atoms with E-state index in [1.165, 1.54) is 7.11 Å². The summed E-state index contributed by atoms with van der Waals surface area (Å²) in [5.74, 6) is -0.315. The summed E-state index contributed by atoms with van der Waals surface area (Å²) in [5, 5.41) is 11.7. The highest BCUT2D eigenvalue weighted by atomic mass is 16.6. The number of nitrogens with one attached hydrogen (secondary N) is 1. The highest BCUT2D eigenvalue weighted by Gasteiger charge is 2.16. The largest absolute Gasteiger partial charge is 0.493 e. The van der Waals surface area contributed by atoms with Crippen molar-refractivity contribution in [1.29, 1.82) is 0 Å². The molecule has 0 saturated heterocycles. The Labute approximate surface area is 117 Å². The fourth-order valence-electron chi connectivity index (χ4n) is 1.64. The number of aliphatic hydroxyl groups excluding tert-OH is 1. The molecule has 2 N–H and O–H groups in total. The van der Waals surface area contributed by atoms with Gasteiger partial charge in [-0.15, -0.1) is 0 Å². The first-order valence-electron chi connectivity index (χ1n) is 6.27. The average Bonchev–Trinajstić information content (AvgIpc) is 2.45. The van der Waals surface area contributed by atoms with E-state index in [2.05, 4.69) is 5.32 Å². The van der Waals surface area contributed by atoms with Gasteiger partial charge in [0.25, 0.3) is 0 Å². The summed E-state index contributed by atoms with van der Waals surface area (Å²) in [5.41, 5.74) is 1.34. The fourth-order valence-corrected chi connectivity index (χ4v) is 1.64. The molecular weight excluding hydrogens is 262 g/mol. The zero-order valence-corrected chi connectivity index (χ0v) is 11.9. The zero-order valence-electron chi connectivity index (χ0n) is 11.9. The fraction of sp³-hybridized carbons (Fsp3) is 0.429. The standard InChI is InChI=1S/C14H19NO5/c1-4-12(17)15-7-13(18)20-14-10(8-16)5-9(2)6-11(14)19-3/h5-6,16H,4,7-8H2,1-3H3,(H,15,17). The predicted octanol–water partition coefficient (Wildman–Crippen LogP) is 0.928. The van der Waals surface area contributed by atoms with E-state index in [0.717, 1.165) is 5.56 Å². The van der Waals surface area contributed by atoms with E-state index >= 15 is 0 Å². The summed E-state index contributed by atoms with van der Waals surface area (Å²) >= 11 is 0. The van der Waals surface area contributed by atoms with E-state index in [1.807, 2.05) is 6.92 Å². The van der Waals surface area contributed by atoms with E-state index in [-0.39, 0.29) is 24.8 Å². The number of carbonyl (C=O) groups excluding carboxylic acids is 2. The molecule has 0 saturated carbocycles. The molecule has 0 aromatic heterocycles. The summed E-state index contributed by atoms with van der Waals surface area (Å²) in [6, 6.07) is 3.40. The van der Waals surface area contributed by atoms with Gasteiger partial charge in [-0.3, -0.25) is 4.79 Å². The van der Waals surface area contributed by atoms with Crippen molar-refractivity contribution in [2.24, 2.45) is 0 Å². The van der Waals surface area contributed by atoms with Gasteiger partial charge in [-0.25, -0.2) is 4.79 Å². The van der Waals surface area contributed by atoms with Crippen molar-refractivity contribution in [3.63, 3.8) is 0 Å². The smallest absolute Gasteiger partial charge is 0.330 e. The first kappa shape index (κ1) is 16.0. The van der Waals surface area contributed by atoms with Gasteiger partial charge in [0.2, 0.25) is 5.91 Å². The van der Waals surface area contributed by atoms with Crippen LogP contribution in [0.3, 0.4) is 0 Å². The summed E-state index contributed by atoms with van der Waals surface area (Å²) in [6.07, 6.45) is 0.295. The van der Waals surface area contributed by atoms with Gasteiger partial charge in [-0.1, -0.05) is 6.92 Å². The number of carbonyl (C=O) groups is 2. The molecule has 6 nitrogen and oxygen atoms in total. The van der Waals surface area contributed by atoms with Gasteiger partial charge in [0.1, 0.15) is 6.54 Å². The van der Waals surface area contributed by atoms with Gasteiger partial charge in [0, 0.05) is 12.0 Å². The molecule has 0 heterocycles. The Balaban J connectivity index is 2.85. The number of ether oxygens (including phenoxy) is 2. The summed E-state index contributed by atoms with van der Waals surface area (Å²) < 4.78 is 10.3. The third kappa shape index (κ3) is 4.24. The molecule has 0 spiro atoms. The SMILES string of the molecule is CCC(=O)NCC(=O)Oc1c(CO)cc(C)cc1OC. The van der Waals surface area contributed by atoms with E-state index < -0.39 is 5.97 Å². The molecule has 0 aliphatic carbocycles. The normalized spacial score (nSPS) is 10.0. The average molecular weight is 281 g/mol. The molecule has 0 radical (unpaired) electrons. The van der Waals surface area contributed by atoms with E-state index in [0.29, 0.717) is 17.7 Å². The number of methoxy groups -OCH3 is 1. The molecule has 6 heteroatoms. The molecule has 0 aliphatic rings. The monoisotopic (exact) mass is 281 g/mol. The van der Waals surface area contributed by atoms with Gasteiger partial charge in [-0.05, 0) is 24.6 Å². The second kappa shape index (κ2) is 7.49. The lowest BCUT2D eigenvalue weighted by Gasteiger charge is -2.14. The lowest BCUT2D eigenvalue weighted by atomic mass is 10.1. The van der Waals surface area contributed by atoms with Crippen LogP contribution in [0.15, 0.2) is 12.1 Å². The van der Waals surface area contributed by atoms with Crippen LogP contribution in [0.4, 0.5) is 0 Å². The number of benzene rings is 1. The number of rotatable bonds is 6. The van der Waals surface area contributed by atoms with Crippen LogP contribution in [0.2, 0.25) is 0 Å². The Hall–Kier alpha value is -2.08. The first-order valence-corrected chi connectivity index (χ1v) is 6.27. The van der Waals surface area contributed by atoms with Gasteiger partial charge in [0.05, 0.1) is 13.7 Å².